The topological polar surface area (TPSA) is 77.1 Å². The summed E-state index contributed by atoms with van der Waals surface area (Å²) >= 11 is 5.22. The number of thiocarbonyl (C=S) groups is 1. The lowest BCUT2D eigenvalue weighted by Crippen LogP contribution is -2.34. The van der Waals surface area contributed by atoms with Crippen LogP contribution in [0, 0.1) is 0 Å². The maximum absolute atomic E-state index is 5.22. The summed E-state index contributed by atoms with van der Waals surface area (Å²) in [7, 11) is 0. The smallest absolute Gasteiger partial charge is 0.220 e. The van der Waals surface area contributed by atoms with Gasteiger partial charge in [-0.15, -0.1) is 0 Å². The quantitative estimate of drug-likeness (QED) is 0.302. The van der Waals surface area contributed by atoms with Crippen LogP contribution in [-0.4, -0.2) is 27.5 Å². The predicted molar refractivity (Wildman–Crippen MR) is 94.0 cm³/mol. The first-order valence-electron chi connectivity index (χ1n) is 7.60. The van der Waals surface area contributed by atoms with Gasteiger partial charge < -0.3 is 10.3 Å². The highest BCUT2D eigenvalue weighted by Crippen LogP contribution is 2.17. The van der Waals surface area contributed by atoms with E-state index in [4.69, 9.17) is 12.2 Å². The molecule has 0 spiro atoms. The zero-order valence-corrected chi connectivity index (χ0v) is 13.1. The second-order valence-corrected chi connectivity index (χ2v) is 5.80. The zero-order chi connectivity index (χ0) is 15.2. The molecule has 4 N–H and O–H groups in total. The fraction of sp³-hybridized carbons (Fsp3) is 0.400. The van der Waals surface area contributed by atoms with Crippen molar-refractivity contribution in [3.63, 3.8) is 0 Å². The van der Waals surface area contributed by atoms with Crippen LogP contribution >= 0.6 is 12.2 Å². The summed E-state index contributed by atoms with van der Waals surface area (Å²) in [4.78, 5) is 11.7. The maximum atomic E-state index is 5.22. The molecule has 7 heteroatoms. The monoisotopic (exact) mass is 316 g/mol. The van der Waals surface area contributed by atoms with Crippen molar-refractivity contribution >= 4 is 40.7 Å². The molecule has 116 valence electrons. The minimum absolute atomic E-state index is 0.474. The van der Waals surface area contributed by atoms with Gasteiger partial charge in [0.25, 0.3) is 0 Å². The van der Waals surface area contributed by atoms with Crippen LogP contribution < -0.4 is 16.2 Å². The van der Waals surface area contributed by atoms with Gasteiger partial charge in [0, 0.05) is 6.04 Å². The van der Waals surface area contributed by atoms with E-state index < -0.39 is 0 Å². The van der Waals surface area contributed by atoms with Crippen LogP contribution in [0.3, 0.4) is 0 Å². The van der Waals surface area contributed by atoms with Crippen molar-refractivity contribution in [2.24, 2.45) is 4.99 Å². The normalized spacial score (nSPS) is 16.0. The van der Waals surface area contributed by atoms with E-state index in [0.717, 1.165) is 11.0 Å². The van der Waals surface area contributed by atoms with Crippen molar-refractivity contribution in [2.45, 2.75) is 38.1 Å². The summed E-state index contributed by atoms with van der Waals surface area (Å²) in [5, 5.41) is 3.80. The summed E-state index contributed by atoms with van der Waals surface area (Å²) in [6.07, 6.45) is 7.77. The molecule has 1 aliphatic carbocycles. The average molecular weight is 316 g/mol. The number of nitrogens with one attached hydrogen (secondary N) is 4. The largest absolute Gasteiger partial charge is 0.358 e. The van der Waals surface area contributed by atoms with E-state index in [2.05, 4.69) is 31.1 Å². The summed E-state index contributed by atoms with van der Waals surface area (Å²) in [5.41, 5.74) is 7.71. The number of hydrogen-bond acceptors (Lipinski definition) is 3. The van der Waals surface area contributed by atoms with Gasteiger partial charge in [0.2, 0.25) is 5.95 Å². The highest BCUT2D eigenvalue weighted by molar-refractivity contribution is 7.80. The molecule has 0 bridgehead atoms. The van der Waals surface area contributed by atoms with Gasteiger partial charge in [-0.1, -0.05) is 31.4 Å². The Labute approximate surface area is 134 Å². The van der Waals surface area contributed by atoms with Crippen molar-refractivity contribution in [1.82, 2.24) is 20.7 Å². The minimum Gasteiger partial charge on any atom is -0.358 e. The van der Waals surface area contributed by atoms with Crippen molar-refractivity contribution < 1.29 is 0 Å². The molecule has 1 aromatic carbocycles. The standard InChI is InChI=1S/C15H20N6S/c22-15(18-11-6-2-1-3-7-11)16-10-17-21-14-19-12-8-4-5-9-13(12)20-14/h4-5,8-11H,1-3,6-7H2,(H2,19,20,21)(H2,16,17,18,22). The average Bonchev–Trinajstić information content (AvgIpc) is 2.95. The highest BCUT2D eigenvalue weighted by Gasteiger charge is 2.13. The second-order valence-electron chi connectivity index (χ2n) is 5.41. The molecule has 0 aliphatic heterocycles. The van der Waals surface area contributed by atoms with Gasteiger partial charge in [-0.2, -0.15) is 0 Å². The fourth-order valence-electron chi connectivity index (χ4n) is 2.66. The lowest BCUT2D eigenvalue weighted by molar-refractivity contribution is 0.414. The number of hydrogen-bond donors (Lipinski definition) is 4. The number of aromatic amines is 1. The molecule has 0 radical (unpaired) electrons. The number of aromatic nitrogens is 2. The van der Waals surface area contributed by atoms with E-state index in [1.54, 1.807) is 0 Å². The molecule has 6 nitrogen and oxygen atoms in total. The molecule has 1 saturated carbocycles. The Hall–Kier alpha value is -2.15. The third-order valence-corrected chi connectivity index (χ3v) is 3.98. The van der Waals surface area contributed by atoms with E-state index in [9.17, 15) is 0 Å². The van der Waals surface area contributed by atoms with Crippen molar-refractivity contribution in [2.75, 3.05) is 5.43 Å². The fourth-order valence-corrected chi connectivity index (χ4v) is 2.88. The molecule has 1 fully saturated rings. The third kappa shape index (κ3) is 3.94. The van der Waals surface area contributed by atoms with Crippen LogP contribution in [0.15, 0.2) is 29.3 Å². The van der Waals surface area contributed by atoms with E-state index in [0.29, 0.717) is 17.1 Å². The number of para-hydroxylation sites is 2. The van der Waals surface area contributed by atoms with Crippen LogP contribution in [0.2, 0.25) is 0 Å². The number of fused-ring (bicyclic) bond motifs is 1. The first kappa shape index (κ1) is 14.8. The lowest BCUT2D eigenvalue weighted by Gasteiger charge is -2.22. The predicted octanol–water partition coefficient (Wildman–Crippen LogP) is 2.71. The van der Waals surface area contributed by atoms with E-state index in [-0.39, 0.29) is 0 Å². The molecular formula is C15H20N6S. The maximum Gasteiger partial charge on any atom is 0.220 e. The number of aliphatic imine (C=N–C) groups is 1. The Balaban J connectivity index is 1.44. The number of hydrazine groups is 1. The summed E-state index contributed by atoms with van der Waals surface area (Å²) < 4.78 is 0. The van der Waals surface area contributed by atoms with Gasteiger partial charge in [-0.25, -0.2) is 9.98 Å². The lowest BCUT2D eigenvalue weighted by atomic mass is 9.96. The van der Waals surface area contributed by atoms with Crippen LogP contribution in [0.25, 0.3) is 11.0 Å². The number of nitrogens with zero attached hydrogens (tertiary/aromatic N) is 2. The SMILES string of the molecule is S=C(/N=C/NNc1nc2ccccc2[nH]1)NC1CCCCC1. The molecule has 0 saturated heterocycles. The van der Waals surface area contributed by atoms with E-state index in [1.807, 2.05) is 24.3 Å². The van der Waals surface area contributed by atoms with Gasteiger partial charge in [0.1, 0.15) is 6.34 Å². The number of H-pyrrole nitrogens is 1. The Morgan fingerprint density at radius 1 is 1.27 bits per heavy atom. The molecule has 1 aromatic heterocycles. The highest BCUT2D eigenvalue weighted by atomic mass is 32.1. The first-order valence-corrected chi connectivity index (χ1v) is 8.01. The van der Waals surface area contributed by atoms with Crippen molar-refractivity contribution in [3.8, 4) is 0 Å². The molecular weight excluding hydrogens is 296 g/mol. The van der Waals surface area contributed by atoms with Crippen LogP contribution in [0.1, 0.15) is 32.1 Å². The van der Waals surface area contributed by atoms with Gasteiger partial charge in [-0.3, -0.25) is 10.9 Å². The van der Waals surface area contributed by atoms with Crippen LogP contribution in [0.5, 0.6) is 0 Å². The first-order chi connectivity index (χ1) is 10.8. The van der Waals surface area contributed by atoms with E-state index in [1.165, 1.54) is 38.4 Å². The van der Waals surface area contributed by atoms with Gasteiger partial charge >= 0.3 is 0 Å². The Bertz CT molecular complexity index is 626. The number of imidazole rings is 1. The number of anilines is 1. The summed E-state index contributed by atoms with van der Waals surface area (Å²) in [5.74, 6) is 0.638. The number of benzene rings is 1. The van der Waals surface area contributed by atoms with Gasteiger partial charge in [0.15, 0.2) is 5.11 Å². The molecule has 0 amide bonds. The molecule has 0 unspecified atom stereocenters. The van der Waals surface area contributed by atoms with Crippen molar-refractivity contribution in [1.29, 1.82) is 0 Å². The second kappa shape index (κ2) is 7.22. The van der Waals surface area contributed by atoms with Gasteiger partial charge in [-0.05, 0) is 37.2 Å². The molecule has 3 rings (SSSR count). The summed E-state index contributed by atoms with van der Waals surface area (Å²) in [6, 6.07) is 8.33. The Kier molecular flexibility index (Phi) is 4.85. The third-order valence-electron chi connectivity index (χ3n) is 3.76. The van der Waals surface area contributed by atoms with E-state index >= 15 is 0 Å². The molecule has 0 atom stereocenters. The Morgan fingerprint density at radius 3 is 2.91 bits per heavy atom. The molecule has 1 aliphatic rings. The van der Waals surface area contributed by atoms with Crippen molar-refractivity contribution in [3.05, 3.63) is 24.3 Å². The minimum atomic E-state index is 0.474. The van der Waals surface area contributed by atoms with Gasteiger partial charge in [0.05, 0.1) is 11.0 Å². The zero-order valence-electron chi connectivity index (χ0n) is 12.3. The molecule has 2 aromatic rings. The number of rotatable bonds is 4. The Morgan fingerprint density at radius 2 is 2.09 bits per heavy atom. The molecule has 22 heavy (non-hydrogen) atoms. The summed E-state index contributed by atoms with van der Waals surface area (Å²) in [6.45, 7) is 0. The van der Waals surface area contributed by atoms with Crippen LogP contribution in [0.4, 0.5) is 5.95 Å². The molecule has 1 heterocycles. The van der Waals surface area contributed by atoms with Crippen LogP contribution in [-0.2, 0) is 0 Å².